The number of nitrogens with zero attached hydrogens (tertiary/aromatic N) is 1. The van der Waals surface area contributed by atoms with E-state index < -0.39 is 0 Å². The molecule has 5 nitrogen and oxygen atoms in total. The van der Waals surface area contributed by atoms with Gasteiger partial charge in [-0.25, -0.2) is 0 Å². The molecule has 100 valence electrons. The lowest BCUT2D eigenvalue weighted by Gasteiger charge is -2.14. The standard InChI is InChI=1S/C13H20N2O3/c1-14-8-10-5-6-11(12(7-10)17-4)18-9-13(16)15(2)3/h5-7,14H,8-9H2,1-4H3. The molecule has 0 atom stereocenters. The van der Waals surface area contributed by atoms with Crippen LogP contribution in [-0.4, -0.2) is 45.7 Å². The van der Waals surface area contributed by atoms with Gasteiger partial charge in [0.25, 0.3) is 5.91 Å². The Bertz CT molecular complexity index is 405. The van der Waals surface area contributed by atoms with Crippen molar-refractivity contribution in [1.82, 2.24) is 10.2 Å². The molecule has 18 heavy (non-hydrogen) atoms. The topological polar surface area (TPSA) is 50.8 Å². The Hall–Kier alpha value is -1.75. The normalized spacial score (nSPS) is 10.0. The number of methoxy groups -OCH3 is 1. The van der Waals surface area contributed by atoms with Gasteiger partial charge < -0.3 is 19.7 Å². The molecule has 0 aliphatic rings. The number of hydrogen-bond donors (Lipinski definition) is 1. The summed E-state index contributed by atoms with van der Waals surface area (Å²) in [6, 6.07) is 5.65. The van der Waals surface area contributed by atoms with Crippen LogP contribution in [0.1, 0.15) is 5.56 Å². The first-order valence-electron chi connectivity index (χ1n) is 5.73. The summed E-state index contributed by atoms with van der Waals surface area (Å²) in [7, 11) is 6.85. The van der Waals surface area contributed by atoms with Gasteiger partial charge in [-0.3, -0.25) is 4.79 Å². The molecule has 0 saturated heterocycles. The fourth-order valence-corrected chi connectivity index (χ4v) is 1.41. The number of ether oxygens (including phenoxy) is 2. The Morgan fingerprint density at radius 3 is 2.61 bits per heavy atom. The smallest absolute Gasteiger partial charge is 0.259 e. The minimum absolute atomic E-state index is 0.00867. The van der Waals surface area contributed by atoms with Gasteiger partial charge in [-0.05, 0) is 24.7 Å². The summed E-state index contributed by atoms with van der Waals surface area (Å²) in [5.74, 6) is 1.12. The second kappa shape index (κ2) is 6.86. The predicted molar refractivity (Wildman–Crippen MR) is 69.9 cm³/mol. The largest absolute Gasteiger partial charge is 0.493 e. The van der Waals surface area contributed by atoms with Crippen molar-refractivity contribution in [1.29, 1.82) is 0 Å². The molecule has 0 fully saturated rings. The molecule has 0 radical (unpaired) electrons. The third-order valence-electron chi connectivity index (χ3n) is 2.46. The molecule has 1 aromatic carbocycles. The van der Waals surface area contributed by atoms with Gasteiger partial charge in [0.15, 0.2) is 18.1 Å². The molecule has 5 heteroatoms. The van der Waals surface area contributed by atoms with Crippen LogP contribution in [0, 0.1) is 0 Å². The van der Waals surface area contributed by atoms with E-state index in [9.17, 15) is 4.79 Å². The Kier molecular flexibility index (Phi) is 5.45. The third-order valence-corrected chi connectivity index (χ3v) is 2.46. The molecule has 1 aromatic rings. The zero-order valence-corrected chi connectivity index (χ0v) is 11.3. The van der Waals surface area contributed by atoms with Crippen molar-refractivity contribution in [2.45, 2.75) is 6.54 Å². The molecular weight excluding hydrogens is 232 g/mol. The Morgan fingerprint density at radius 2 is 2.06 bits per heavy atom. The molecule has 0 bridgehead atoms. The lowest BCUT2D eigenvalue weighted by Crippen LogP contribution is -2.27. The fraction of sp³-hybridized carbons (Fsp3) is 0.462. The van der Waals surface area contributed by atoms with Crippen molar-refractivity contribution in [3.8, 4) is 11.5 Å². The monoisotopic (exact) mass is 252 g/mol. The first kappa shape index (κ1) is 14.3. The number of nitrogens with one attached hydrogen (secondary N) is 1. The van der Waals surface area contributed by atoms with Gasteiger partial charge in [-0.1, -0.05) is 6.07 Å². The first-order valence-corrected chi connectivity index (χ1v) is 5.73. The number of benzene rings is 1. The average Bonchev–Trinajstić information content (AvgIpc) is 2.36. The van der Waals surface area contributed by atoms with Crippen LogP contribution in [0.15, 0.2) is 18.2 Å². The van der Waals surface area contributed by atoms with E-state index in [-0.39, 0.29) is 12.5 Å². The van der Waals surface area contributed by atoms with Crippen LogP contribution < -0.4 is 14.8 Å². The molecule has 0 heterocycles. The maximum atomic E-state index is 11.4. The number of amides is 1. The highest BCUT2D eigenvalue weighted by molar-refractivity contribution is 5.77. The van der Waals surface area contributed by atoms with Gasteiger partial charge in [0.1, 0.15) is 0 Å². The summed E-state index contributed by atoms with van der Waals surface area (Å²) >= 11 is 0. The van der Waals surface area contributed by atoms with Gasteiger partial charge in [0, 0.05) is 20.6 Å². The number of likely N-dealkylation sites (N-methyl/N-ethyl adjacent to an activating group) is 1. The van der Waals surface area contributed by atoms with E-state index in [4.69, 9.17) is 9.47 Å². The lowest BCUT2D eigenvalue weighted by molar-refractivity contribution is -0.130. The van der Waals surface area contributed by atoms with E-state index in [1.54, 1.807) is 21.2 Å². The van der Waals surface area contributed by atoms with Crippen molar-refractivity contribution in [3.63, 3.8) is 0 Å². The molecule has 0 saturated carbocycles. The second-order valence-corrected chi connectivity index (χ2v) is 4.09. The number of rotatable bonds is 6. The summed E-state index contributed by atoms with van der Waals surface area (Å²) in [6.07, 6.45) is 0. The third kappa shape index (κ3) is 3.92. The van der Waals surface area contributed by atoms with Crippen LogP contribution in [-0.2, 0) is 11.3 Å². The van der Waals surface area contributed by atoms with Crippen molar-refractivity contribution in [3.05, 3.63) is 23.8 Å². The number of carbonyl (C=O) groups excluding carboxylic acids is 1. The quantitative estimate of drug-likeness (QED) is 0.816. The first-order chi connectivity index (χ1) is 8.58. The molecule has 1 amide bonds. The highest BCUT2D eigenvalue weighted by Gasteiger charge is 2.09. The van der Waals surface area contributed by atoms with Crippen LogP contribution in [0.2, 0.25) is 0 Å². The molecule has 1 N–H and O–H groups in total. The predicted octanol–water partition coefficient (Wildman–Crippen LogP) is 0.882. The zero-order chi connectivity index (χ0) is 13.5. The van der Waals surface area contributed by atoms with Crippen LogP contribution in [0.5, 0.6) is 11.5 Å². The average molecular weight is 252 g/mol. The summed E-state index contributed by atoms with van der Waals surface area (Å²) < 4.78 is 10.7. The van der Waals surface area contributed by atoms with Gasteiger partial charge in [0.05, 0.1) is 7.11 Å². The van der Waals surface area contributed by atoms with E-state index in [1.807, 2.05) is 25.2 Å². The summed E-state index contributed by atoms with van der Waals surface area (Å²) in [6.45, 7) is 0.766. The van der Waals surface area contributed by atoms with Crippen molar-refractivity contribution >= 4 is 5.91 Å². The summed E-state index contributed by atoms with van der Waals surface area (Å²) in [4.78, 5) is 12.9. The van der Waals surface area contributed by atoms with Crippen molar-refractivity contribution < 1.29 is 14.3 Å². The maximum Gasteiger partial charge on any atom is 0.259 e. The van der Waals surface area contributed by atoms with E-state index >= 15 is 0 Å². The Balaban J connectivity index is 2.73. The minimum atomic E-state index is -0.0867. The molecule has 0 unspecified atom stereocenters. The fourth-order valence-electron chi connectivity index (χ4n) is 1.41. The summed E-state index contributed by atoms with van der Waals surface area (Å²) in [5, 5.41) is 3.06. The number of carbonyl (C=O) groups is 1. The SMILES string of the molecule is CNCc1ccc(OCC(=O)N(C)C)c(OC)c1. The molecule has 0 spiro atoms. The van der Waals surface area contributed by atoms with E-state index in [0.717, 1.165) is 12.1 Å². The van der Waals surface area contributed by atoms with Gasteiger partial charge in [-0.2, -0.15) is 0 Å². The Labute approximate surface area is 108 Å². The van der Waals surface area contributed by atoms with Gasteiger partial charge >= 0.3 is 0 Å². The molecule has 0 aromatic heterocycles. The van der Waals surface area contributed by atoms with E-state index in [2.05, 4.69) is 5.32 Å². The second-order valence-electron chi connectivity index (χ2n) is 4.09. The highest BCUT2D eigenvalue weighted by atomic mass is 16.5. The van der Waals surface area contributed by atoms with Gasteiger partial charge in [-0.15, -0.1) is 0 Å². The molecule has 0 aliphatic carbocycles. The molecular formula is C13H20N2O3. The maximum absolute atomic E-state index is 11.4. The lowest BCUT2D eigenvalue weighted by atomic mass is 10.2. The van der Waals surface area contributed by atoms with E-state index in [1.165, 1.54) is 4.90 Å². The van der Waals surface area contributed by atoms with Crippen molar-refractivity contribution in [2.75, 3.05) is 34.9 Å². The van der Waals surface area contributed by atoms with Gasteiger partial charge in [0.2, 0.25) is 0 Å². The summed E-state index contributed by atoms with van der Waals surface area (Å²) in [5.41, 5.74) is 1.10. The van der Waals surface area contributed by atoms with E-state index in [0.29, 0.717) is 11.5 Å². The Morgan fingerprint density at radius 1 is 1.33 bits per heavy atom. The van der Waals surface area contributed by atoms with Crippen molar-refractivity contribution in [2.24, 2.45) is 0 Å². The zero-order valence-electron chi connectivity index (χ0n) is 11.3. The molecule has 0 aliphatic heterocycles. The van der Waals surface area contributed by atoms with Crippen LogP contribution in [0.25, 0.3) is 0 Å². The van der Waals surface area contributed by atoms with Crippen LogP contribution >= 0.6 is 0 Å². The number of hydrogen-bond acceptors (Lipinski definition) is 4. The minimum Gasteiger partial charge on any atom is -0.493 e. The van der Waals surface area contributed by atoms with Crippen LogP contribution in [0.4, 0.5) is 0 Å². The molecule has 1 rings (SSSR count). The highest BCUT2D eigenvalue weighted by Crippen LogP contribution is 2.27. The van der Waals surface area contributed by atoms with Crippen LogP contribution in [0.3, 0.4) is 0 Å².